The SMILES string of the molecule is CCCCCCC(CCO)(CCO)C(=O)O. The summed E-state index contributed by atoms with van der Waals surface area (Å²) in [6, 6.07) is 0. The van der Waals surface area contributed by atoms with Crippen molar-refractivity contribution in [2.45, 2.75) is 51.9 Å². The second-order valence-electron chi connectivity index (χ2n) is 4.34. The highest BCUT2D eigenvalue weighted by atomic mass is 16.4. The summed E-state index contributed by atoms with van der Waals surface area (Å²) in [6.07, 6.45) is 5.09. The maximum absolute atomic E-state index is 11.2. The number of rotatable bonds is 10. The Hall–Kier alpha value is -0.610. The molecule has 3 N–H and O–H groups in total. The van der Waals surface area contributed by atoms with Gasteiger partial charge >= 0.3 is 5.97 Å². The van der Waals surface area contributed by atoms with Gasteiger partial charge in [-0.25, -0.2) is 0 Å². The monoisotopic (exact) mass is 232 g/mol. The first-order valence-electron chi connectivity index (χ1n) is 6.08. The zero-order valence-electron chi connectivity index (χ0n) is 10.1. The highest BCUT2D eigenvalue weighted by Gasteiger charge is 2.36. The molecule has 0 unspecified atom stereocenters. The van der Waals surface area contributed by atoms with E-state index in [2.05, 4.69) is 6.92 Å². The highest BCUT2D eigenvalue weighted by molar-refractivity contribution is 5.74. The van der Waals surface area contributed by atoms with Crippen molar-refractivity contribution in [3.63, 3.8) is 0 Å². The molecule has 0 atom stereocenters. The van der Waals surface area contributed by atoms with Gasteiger partial charge in [-0.05, 0) is 19.3 Å². The van der Waals surface area contributed by atoms with E-state index in [-0.39, 0.29) is 26.1 Å². The van der Waals surface area contributed by atoms with E-state index in [0.717, 1.165) is 25.7 Å². The van der Waals surface area contributed by atoms with Gasteiger partial charge in [0.15, 0.2) is 0 Å². The molecule has 0 aromatic carbocycles. The molecule has 0 rings (SSSR count). The standard InChI is InChI=1S/C12H24O4/c1-2-3-4-5-6-12(7-9-13,8-10-14)11(15)16/h13-14H,2-10H2,1H3,(H,15,16). The summed E-state index contributed by atoms with van der Waals surface area (Å²) in [6.45, 7) is 1.83. The van der Waals surface area contributed by atoms with Crippen molar-refractivity contribution in [2.24, 2.45) is 5.41 Å². The highest BCUT2D eigenvalue weighted by Crippen LogP contribution is 2.33. The fourth-order valence-electron chi connectivity index (χ4n) is 2.01. The number of carbonyl (C=O) groups is 1. The fraction of sp³-hybridized carbons (Fsp3) is 0.917. The molecule has 0 bridgehead atoms. The molecule has 0 fully saturated rings. The number of aliphatic carboxylic acids is 1. The Bertz CT molecular complexity index is 185. The molecule has 0 radical (unpaired) electrons. The average Bonchev–Trinajstić information content (AvgIpc) is 2.24. The molecule has 0 aliphatic heterocycles. The minimum atomic E-state index is -0.933. The molecular formula is C12H24O4. The van der Waals surface area contributed by atoms with Crippen molar-refractivity contribution in [1.29, 1.82) is 0 Å². The lowest BCUT2D eigenvalue weighted by Crippen LogP contribution is -2.33. The van der Waals surface area contributed by atoms with Crippen LogP contribution < -0.4 is 0 Å². The predicted octanol–water partition coefficient (Wildman–Crippen LogP) is 1.79. The molecular weight excluding hydrogens is 208 g/mol. The second kappa shape index (κ2) is 8.53. The molecule has 0 heterocycles. The van der Waals surface area contributed by atoms with Crippen LogP contribution in [0.15, 0.2) is 0 Å². The van der Waals surface area contributed by atoms with Crippen LogP contribution in [0.5, 0.6) is 0 Å². The van der Waals surface area contributed by atoms with Crippen LogP contribution in [0, 0.1) is 5.41 Å². The summed E-state index contributed by atoms with van der Waals surface area (Å²) in [7, 11) is 0. The van der Waals surface area contributed by atoms with Crippen LogP contribution in [0.25, 0.3) is 0 Å². The number of unbranched alkanes of at least 4 members (excludes halogenated alkanes) is 3. The number of carboxylic acid groups (broad SMARTS) is 1. The Morgan fingerprint density at radius 2 is 1.56 bits per heavy atom. The minimum absolute atomic E-state index is 0.139. The van der Waals surface area contributed by atoms with Gasteiger partial charge in [0.2, 0.25) is 0 Å². The Morgan fingerprint density at radius 1 is 1.00 bits per heavy atom. The topological polar surface area (TPSA) is 77.8 Å². The summed E-state index contributed by atoms with van der Waals surface area (Å²) in [4.78, 5) is 11.2. The molecule has 0 aliphatic rings. The maximum Gasteiger partial charge on any atom is 0.309 e. The van der Waals surface area contributed by atoms with Crippen LogP contribution in [0.4, 0.5) is 0 Å². The smallest absolute Gasteiger partial charge is 0.309 e. The quantitative estimate of drug-likeness (QED) is 0.502. The normalized spacial score (nSPS) is 11.7. The van der Waals surface area contributed by atoms with Crippen molar-refractivity contribution in [3.8, 4) is 0 Å². The second-order valence-corrected chi connectivity index (χ2v) is 4.34. The largest absolute Gasteiger partial charge is 0.481 e. The number of aliphatic hydroxyl groups is 2. The molecule has 4 heteroatoms. The Kier molecular flexibility index (Phi) is 8.21. The van der Waals surface area contributed by atoms with E-state index < -0.39 is 11.4 Å². The summed E-state index contributed by atoms with van der Waals surface area (Å²) in [5, 5.41) is 27.1. The molecule has 0 aromatic rings. The Balaban J connectivity index is 4.30. The van der Waals surface area contributed by atoms with Gasteiger partial charge in [0, 0.05) is 13.2 Å². The van der Waals surface area contributed by atoms with E-state index in [9.17, 15) is 9.90 Å². The predicted molar refractivity (Wildman–Crippen MR) is 62.2 cm³/mol. The molecule has 4 nitrogen and oxygen atoms in total. The molecule has 0 aliphatic carbocycles. The Morgan fingerprint density at radius 3 is 1.94 bits per heavy atom. The summed E-state index contributed by atoms with van der Waals surface area (Å²) < 4.78 is 0. The minimum Gasteiger partial charge on any atom is -0.481 e. The van der Waals surface area contributed by atoms with Crippen molar-refractivity contribution in [3.05, 3.63) is 0 Å². The summed E-state index contributed by atoms with van der Waals surface area (Å²) in [5.74, 6) is -0.896. The molecule has 0 spiro atoms. The molecule has 0 saturated heterocycles. The van der Waals surface area contributed by atoms with Crippen LogP contribution >= 0.6 is 0 Å². The zero-order valence-corrected chi connectivity index (χ0v) is 10.1. The number of aliphatic hydroxyl groups excluding tert-OH is 2. The van der Waals surface area contributed by atoms with Gasteiger partial charge in [0.05, 0.1) is 5.41 Å². The van der Waals surface area contributed by atoms with E-state index in [0.29, 0.717) is 6.42 Å². The van der Waals surface area contributed by atoms with E-state index in [1.165, 1.54) is 0 Å². The lowest BCUT2D eigenvalue weighted by atomic mass is 9.77. The van der Waals surface area contributed by atoms with Crippen molar-refractivity contribution < 1.29 is 20.1 Å². The lowest BCUT2D eigenvalue weighted by Gasteiger charge is -2.28. The molecule has 0 saturated carbocycles. The number of carboxylic acids is 1. The zero-order chi connectivity index (χ0) is 12.4. The van der Waals surface area contributed by atoms with Crippen LogP contribution in [0.1, 0.15) is 51.9 Å². The molecule has 16 heavy (non-hydrogen) atoms. The first-order valence-corrected chi connectivity index (χ1v) is 6.08. The van der Waals surface area contributed by atoms with Crippen molar-refractivity contribution in [2.75, 3.05) is 13.2 Å². The van der Waals surface area contributed by atoms with Crippen LogP contribution in [0.3, 0.4) is 0 Å². The van der Waals surface area contributed by atoms with E-state index >= 15 is 0 Å². The van der Waals surface area contributed by atoms with Gasteiger partial charge in [0.25, 0.3) is 0 Å². The van der Waals surface area contributed by atoms with Gasteiger partial charge in [-0.1, -0.05) is 32.6 Å². The first kappa shape index (κ1) is 15.4. The first-order chi connectivity index (χ1) is 7.63. The van der Waals surface area contributed by atoms with Gasteiger partial charge in [0.1, 0.15) is 0 Å². The fourth-order valence-corrected chi connectivity index (χ4v) is 2.01. The molecule has 0 amide bonds. The van der Waals surface area contributed by atoms with Crippen molar-refractivity contribution >= 4 is 5.97 Å². The maximum atomic E-state index is 11.2. The Labute approximate surface area is 97.3 Å². The molecule has 96 valence electrons. The van der Waals surface area contributed by atoms with Gasteiger partial charge in [-0.3, -0.25) is 4.79 Å². The average molecular weight is 232 g/mol. The van der Waals surface area contributed by atoms with Crippen LogP contribution in [-0.4, -0.2) is 34.5 Å². The van der Waals surface area contributed by atoms with E-state index in [1.54, 1.807) is 0 Å². The number of hydrogen-bond acceptors (Lipinski definition) is 3. The molecule has 0 aromatic heterocycles. The van der Waals surface area contributed by atoms with E-state index in [4.69, 9.17) is 10.2 Å². The third kappa shape index (κ3) is 4.94. The summed E-state index contributed by atoms with van der Waals surface area (Å²) >= 11 is 0. The van der Waals surface area contributed by atoms with Gasteiger partial charge < -0.3 is 15.3 Å². The number of hydrogen-bond donors (Lipinski definition) is 3. The van der Waals surface area contributed by atoms with Crippen LogP contribution in [0.2, 0.25) is 0 Å². The lowest BCUT2D eigenvalue weighted by molar-refractivity contribution is -0.151. The van der Waals surface area contributed by atoms with Gasteiger partial charge in [-0.15, -0.1) is 0 Å². The third-order valence-corrected chi connectivity index (χ3v) is 3.14. The third-order valence-electron chi connectivity index (χ3n) is 3.14. The van der Waals surface area contributed by atoms with Crippen molar-refractivity contribution in [1.82, 2.24) is 0 Å². The summed E-state index contributed by atoms with van der Waals surface area (Å²) in [5.41, 5.74) is -0.933. The van der Waals surface area contributed by atoms with E-state index in [1.807, 2.05) is 0 Å². The van der Waals surface area contributed by atoms with Gasteiger partial charge in [-0.2, -0.15) is 0 Å². The van der Waals surface area contributed by atoms with Crippen LogP contribution in [-0.2, 0) is 4.79 Å².